The second kappa shape index (κ2) is 7.99. The van der Waals surface area contributed by atoms with E-state index in [2.05, 4.69) is 15.4 Å². The van der Waals surface area contributed by atoms with Gasteiger partial charge in [-0.3, -0.25) is 4.79 Å². The van der Waals surface area contributed by atoms with Gasteiger partial charge in [0.15, 0.2) is 5.65 Å². The van der Waals surface area contributed by atoms with Gasteiger partial charge in [-0.05, 0) is 37.5 Å². The van der Waals surface area contributed by atoms with Crippen molar-refractivity contribution in [3.63, 3.8) is 0 Å². The quantitative estimate of drug-likeness (QED) is 0.679. The van der Waals surface area contributed by atoms with E-state index < -0.39 is 0 Å². The predicted molar refractivity (Wildman–Crippen MR) is 108 cm³/mol. The minimum absolute atomic E-state index is 0.171. The van der Waals surface area contributed by atoms with E-state index in [4.69, 9.17) is 16.3 Å². The first-order valence-corrected chi connectivity index (χ1v) is 10.0. The zero-order chi connectivity index (χ0) is 20.5. The Morgan fingerprint density at radius 3 is 2.83 bits per heavy atom. The fourth-order valence-corrected chi connectivity index (χ4v) is 4.10. The number of nitrogens with one attached hydrogen (secondary N) is 1. The molecule has 6 nitrogen and oxygen atoms in total. The number of carbonyl (C=O) groups is 1. The van der Waals surface area contributed by atoms with Gasteiger partial charge in [0, 0.05) is 28.7 Å². The fraction of sp³-hybridized carbons (Fsp3) is 0.381. The second-order valence-corrected chi connectivity index (χ2v) is 7.75. The van der Waals surface area contributed by atoms with Gasteiger partial charge in [-0.15, -0.1) is 0 Å². The third kappa shape index (κ3) is 3.79. The summed E-state index contributed by atoms with van der Waals surface area (Å²) in [4.78, 5) is 17.4. The lowest BCUT2D eigenvalue weighted by Gasteiger charge is -2.14. The molecule has 0 unspecified atom stereocenters. The zero-order valence-electron chi connectivity index (χ0n) is 16.3. The summed E-state index contributed by atoms with van der Waals surface area (Å²) in [5, 5.41) is 7.75. The molecule has 1 fully saturated rings. The van der Waals surface area contributed by atoms with E-state index >= 15 is 0 Å². The first-order chi connectivity index (χ1) is 14.0. The number of halogens is 2. The summed E-state index contributed by atoms with van der Waals surface area (Å²) < 4.78 is 20.5. The van der Waals surface area contributed by atoms with Crippen LogP contribution in [-0.2, 0) is 6.42 Å². The summed E-state index contributed by atoms with van der Waals surface area (Å²) in [6, 6.07) is 4.50. The van der Waals surface area contributed by atoms with Crippen molar-refractivity contribution in [1.82, 2.24) is 19.9 Å². The summed E-state index contributed by atoms with van der Waals surface area (Å²) in [5.74, 6) is -0.0796. The van der Waals surface area contributed by atoms with Crippen molar-refractivity contribution < 1.29 is 13.9 Å². The maximum absolute atomic E-state index is 13.4. The molecule has 29 heavy (non-hydrogen) atoms. The van der Waals surface area contributed by atoms with Gasteiger partial charge in [0.25, 0.3) is 5.91 Å². The molecule has 8 heteroatoms. The monoisotopic (exact) mass is 416 g/mol. The molecule has 2 aromatic heterocycles. The van der Waals surface area contributed by atoms with Crippen LogP contribution >= 0.6 is 11.6 Å². The molecule has 0 radical (unpaired) electrons. The maximum atomic E-state index is 13.4. The molecule has 0 spiro atoms. The summed E-state index contributed by atoms with van der Waals surface area (Å²) in [5.41, 5.74) is 3.10. The van der Waals surface area contributed by atoms with Gasteiger partial charge in [-0.2, -0.15) is 9.61 Å². The highest BCUT2D eigenvalue weighted by atomic mass is 35.5. The fourth-order valence-electron chi connectivity index (χ4n) is 3.87. The number of ether oxygens (including phenoxy) is 1. The highest BCUT2D eigenvalue weighted by molar-refractivity contribution is 6.31. The van der Waals surface area contributed by atoms with E-state index in [0.717, 1.165) is 36.8 Å². The van der Waals surface area contributed by atoms with Crippen LogP contribution in [0.5, 0.6) is 5.88 Å². The minimum atomic E-state index is -0.388. The molecule has 4 rings (SSSR count). The Hall–Kier alpha value is -2.67. The highest BCUT2D eigenvalue weighted by Crippen LogP contribution is 2.29. The molecule has 0 saturated heterocycles. The van der Waals surface area contributed by atoms with Crippen LogP contribution in [0.2, 0.25) is 5.02 Å². The van der Waals surface area contributed by atoms with Gasteiger partial charge in [-0.1, -0.05) is 30.5 Å². The van der Waals surface area contributed by atoms with Crippen LogP contribution in [0.4, 0.5) is 4.39 Å². The van der Waals surface area contributed by atoms with Crippen LogP contribution < -0.4 is 10.1 Å². The lowest BCUT2D eigenvalue weighted by atomic mass is 10.0. The number of amides is 1. The summed E-state index contributed by atoms with van der Waals surface area (Å²) in [6.45, 7) is 1.85. The number of hydrogen-bond donors (Lipinski definition) is 1. The summed E-state index contributed by atoms with van der Waals surface area (Å²) >= 11 is 6.20. The van der Waals surface area contributed by atoms with Crippen molar-refractivity contribution in [3.05, 3.63) is 57.6 Å². The van der Waals surface area contributed by atoms with Crippen LogP contribution in [0, 0.1) is 12.7 Å². The lowest BCUT2D eigenvalue weighted by molar-refractivity contribution is 0.0939. The van der Waals surface area contributed by atoms with Gasteiger partial charge in [0.2, 0.25) is 5.88 Å². The molecule has 1 amide bonds. The zero-order valence-corrected chi connectivity index (χ0v) is 17.1. The van der Waals surface area contributed by atoms with E-state index in [1.54, 1.807) is 13.2 Å². The van der Waals surface area contributed by atoms with Crippen molar-refractivity contribution >= 4 is 23.2 Å². The number of carbonyl (C=O) groups excluding carboxylic acids is 1. The molecule has 0 bridgehead atoms. The third-order valence-corrected chi connectivity index (χ3v) is 5.77. The first kappa shape index (κ1) is 19.6. The average molecular weight is 417 g/mol. The van der Waals surface area contributed by atoms with E-state index in [-0.39, 0.29) is 17.8 Å². The smallest absolute Gasteiger partial charge is 0.256 e. The number of aromatic nitrogens is 3. The van der Waals surface area contributed by atoms with E-state index in [0.29, 0.717) is 34.2 Å². The molecule has 1 aromatic carbocycles. The Morgan fingerprint density at radius 2 is 2.14 bits per heavy atom. The van der Waals surface area contributed by atoms with Crippen molar-refractivity contribution in [1.29, 1.82) is 0 Å². The molecule has 2 heterocycles. The standard InChI is InChI=1S/C21H22ClFN4O2/c1-12-16(9-13-7-8-14(23)10-18(13)22)21(29-2)27-19(25-12)17(11-24-27)20(28)26-15-5-3-4-6-15/h7-8,10-11,15H,3-6,9H2,1-2H3,(H,26,28). The number of nitrogens with zero attached hydrogens (tertiary/aromatic N) is 3. The van der Waals surface area contributed by atoms with Crippen LogP contribution in [0.3, 0.4) is 0 Å². The predicted octanol–water partition coefficient (Wildman–Crippen LogP) is 4.10. The number of aryl methyl sites for hydroxylation is 1. The Balaban J connectivity index is 1.72. The van der Waals surface area contributed by atoms with Crippen LogP contribution in [0.25, 0.3) is 5.65 Å². The van der Waals surface area contributed by atoms with Crippen molar-refractivity contribution in [3.8, 4) is 5.88 Å². The van der Waals surface area contributed by atoms with Crippen molar-refractivity contribution in [2.75, 3.05) is 7.11 Å². The highest BCUT2D eigenvalue weighted by Gasteiger charge is 2.24. The molecule has 152 valence electrons. The van der Waals surface area contributed by atoms with E-state index in [1.165, 1.54) is 22.8 Å². The van der Waals surface area contributed by atoms with Crippen LogP contribution in [0.15, 0.2) is 24.4 Å². The molecular formula is C21H22ClFN4O2. The molecule has 3 aromatic rings. The van der Waals surface area contributed by atoms with Crippen molar-refractivity contribution in [2.24, 2.45) is 0 Å². The third-order valence-electron chi connectivity index (χ3n) is 5.42. The van der Waals surface area contributed by atoms with Gasteiger partial charge >= 0.3 is 0 Å². The topological polar surface area (TPSA) is 68.5 Å². The molecular weight excluding hydrogens is 395 g/mol. The lowest BCUT2D eigenvalue weighted by Crippen LogP contribution is -2.32. The SMILES string of the molecule is COc1c(Cc2ccc(F)cc2Cl)c(C)nc2c(C(=O)NC3CCCC3)cnn12. The average Bonchev–Trinajstić information content (AvgIpc) is 3.33. The number of fused-ring (bicyclic) bond motifs is 1. The Morgan fingerprint density at radius 1 is 1.38 bits per heavy atom. The molecule has 1 aliphatic rings. The second-order valence-electron chi connectivity index (χ2n) is 7.35. The molecule has 0 atom stereocenters. The number of benzene rings is 1. The molecule has 1 saturated carbocycles. The van der Waals surface area contributed by atoms with Crippen molar-refractivity contribution in [2.45, 2.75) is 45.1 Å². The van der Waals surface area contributed by atoms with Gasteiger partial charge < -0.3 is 10.1 Å². The Labute approximate surface area is 173 Å². The Kier molecular flexibility index (Phi) is 5.41. The molecule has 1 N–H and O–H groups in total. The molecule has 0 aliphatic heterocycles. The minimum Gasteiger partial charge on any atom is -0.481 e. The number of methoxy groups -OCH3 is 1. The van der Waals surface area contributed by atoms with Crippen LogP contribution in [-0.4, -0.2) is 33.7 Å². The maximum Gasteiger partial charge on any atom is 0.256 e. The number of rotatable bonds is 5. The normalized spacial score (nSPS) is 14.5. The van der Waals surface area contributed by atoms with Crippen LogP contribution in [0.1, 0.15) is 52.9 Å². The first-order valence-electron chi connectivity index (χ1n) is 9.64. The summed E-state index contributed by atoms with van der Waals surface area (Å²) in [6.07, 6.45) is 6.21. The number of hydrogen-bond acceptors (Lipinski definition) is 4. The summed E-state index contributed by atoms with van der Waals surface area (Å²) in [7, 11) is 1.55. The van der Waals surface area contributed by atoms with Gasteiger partial charge in [-0.25, -0.2) is 9.37 Å². The Bertz CT molecular complexity index is 1080. The van der Waals surface area contributed by atoms with E-state index in [9.17, 15) is 9.18 Å². The van der Waals surface area contributed by atoms with Gasteiger partial charge in [0.05, 0.1) is 13.3 Å². The molecule has 1 aliphatic carbocycles. The largest absolute Gasteiger partial charge is 0.481 e. The van der Waals surface area contributed by atoms with E-state index in [1.807, 2.05) is 6.92 Å². The van der Waals surface area contributed by atoms with Gasteiger partial charge in [0.1, 0.15) is 11.4 Å².